The van der Waals surface area contributed by atoms with Crippen LogP contribution in [0.5, 0.6) is 0 Å². The number of rotatable bonds is 2. The first-order valence-corrected chi connectivity index (χ1v) is 6.47. The smallest absolute Gasteiger partial charge is 0.142 e. The molecule has 1 heterocycles. The average molecular weight is 293 g/mol. The Balaban J connectivity index is 2.38. The molecule has 0 aliphatic carbocycles. The van der Waals surface area contributed by atoms with Crippen LogP contribution in [0.15, 0.2) is 22.7 Å². The zero-order valence-corrected chi connectivity index (χ0v) is 11.0. The summed E-state index contributed by atoms with van der Waals surface area (Å²) in [5.41, 5.74) is 1.49. The molecule has 1 aliphatic heterocycles. The summed E-state index contributed by atoms with van der Waals surface area (Å²) in [6.07, 6.45) is 4.02. The molecule has 0 aromatic heterocycles. The molecule has 1 atom stereocenters. The number of aldehydes is 1. The maximum absolute atomic E-state index is 11.1. The molecule has 17 heavy (non-hydrogen) atoms. The SMILES string of the molecule is N#Cc1cc(Br)ccc1N1CCCCC1C=O. The van der Waals surface area contributed by atoms with Crippen LogP contribution in [0.4, 0.5) is 5.69 Å². The zero-order chi connectivity index (χ0) is 12.3. The lowest BCUT2D eigenvalue weighted by Crippen LogP contribution is -2.41. The van der Waals surface area contributed by atoms with Crippen LogP contribution in [-0.4, -0.2) is 18.9 Å². The Bertz CT molecular complexity index is 467. The van der Waals surface area contributed by atoms with Crippen LogP contribution < -0.4 is 4.90 Å². The fourth-order valence-electron chi connectivity index (χ4n) is 2.25. The predicted octanol–water partition coefficient (Wildman–Crippen LogP) is 2.88. The van der Waals surface area contributed by atoms with Crippen molar-refractivity contribution in [1.82, 2.24) is 0 Å². The number of benzene rings is 1. The molecule has 3 nitrogen and oxygen atoms in total. The van der Waals surface area contributed by atoms with Crippen molar-refractivity contribution in [3.63, 3.8) is 0 Å². The van der Waals surface area contributed by atoms with E-state index in [9.17, 15) is 4.79 Å². The van der Waals surface area contributed by atoms with Crippen molar-refractivity contribution in [2.75, 3.05) is 11.4 Å². The van der Waals surface area contributed by atoms with Crippen molar-refractivity contribution in [2.45, 2.75) is 25.3 Å². The number of carbonyl (C=O) groups excluding carboxylic acids is 1. The highest BCUT2D eigenvalue weighted by Crippen LogP contribution is 2.29. The highest BCUT2D eigenvalue weighted by atomic mass is 79.9. The lowest BCUT2D eigenvalue weighted by Gasteiger charge is -2.34. The molecule has 0 amide bonds. The van der Waals surface area contributed by atoms with E-state index in [4.69, 9.17) is 5.26 Å². The summed E-state index contributed by atoms with van der Waals surface area (Å²) in [6.45, 7) is 0.847. The van der Waals surface area contributed by atoms with Gasteiger partial charge >= 0.3 is 0 Å². The van der Waals surface area contributed by atoms with E-state index < -0.39 is 0 Å². The molecular weight excluding hydrogens is 280 g/mol. The predicted molar refractivity (Wildman–Crippen MR) is 69.9 cm³/mol. The second-order valence-corrected chi connectivity index (χ2v) is 5.08. The van der Waals surface area contributed by atoms with Crippen LogP contribution >= 0.6 is 15.9 Å². The molecular formula is C13H13BrN2O. The molecule has 1 saturated heterocycles. The summed E-state index contributed by atoms with van der Waals surface area (Å²) in [5.74, 6) is 0. The Hall–Kier alpha value is -1.34. The summed E-state index contributed by atoms with van der Waals surface area (Å²) in [4.78, 5) is 13.1. The summed E-state index contributed by atoms with van der Waals surface area (Å²) < 4.78 is 0.887. The summed E-state index contributed by atoms with van der Waals surface area (Å²) in [6, 6.07) is 7.72. The second kappa shape index (κ2) is 5.33. The number of nitrogens with zero attached hydrogens (tertiary/aromatic N) is 2. The van der Waals surface area contributed by atoms with Gasteiger partial charge in [0.25, 0.3) is 0 Å². The van der Waals surface area contributed by atoms with Gasteiger partial charge in [0.05, 0.1) is 17.3 Å². The van der Waals surface area contributed by atoms with E-state index in [1.165, 1.54) is 0 Å². The van der Waals surface area contributed by atoms with Gasteiger partial charge < -0.3 is 9.69 Å². The Morgan fingerprint density at radius 1 is 1.47 bits per heavy atom. The standard InChI is InChI=1S/C13H13BrN2O/c14-11-4-5-13(10(7-11)8-15)16-6-2-1-3-12(16)9-17/h4-5,7,9,12H,1-3,6H2. The lowest BCUT2D eigenvalue weighted by atomic mass is 10.0. The van der Waals surface area contributed by atoms with Crippen molar-refractivity contribution in [1.29, 1.82) is 5.26 Å². The molecule has 0 bridgehead atoms. The molecule has 1 fully saturated rings. The maximum Gasteiger partial charge on any atom is 0.142 e. The number of piperidine rings is 1. The molecule has 88 valence electrons. The van der Waals surface area contributed by atoms with E-state index in [1.54, 1.807) is 6.07 Å². The molecule has 0 saturated carbocycles. The highest BCUT2D eigenvalue weighted by Gasteiger charge is 2.23. The Kier molecular flexibility index (Phi) is 3.80. The summed E-state index contributed by atoms with van der Waals surface area (Å²) >= 11 is 3.35. The van der Waals surface area contributed by atoms with Gasteiger partial charge in [0.15, 0.2) is 0 Å². The second-order valence-electron chi connectivity index (χ2n) is 4.17. The molecule has 0 radical (unpaired) electrons. The number of carbonyl (C=O) groups is 1. The van der Waals surface area contributed by atoms with E-state index in [0.717, 1.165) is 42.3 Å². The molecule has 1 aromatic rings. The number of nitriles is 1. The van der Waals surface area contributed by atoms with Crippen LogP contribution in [0, 0.1) is 11.3 Å². The van der Waals surface area contributed by atoms with Crippen molar-refractivity contribution < 1.29 is 4.79 Å². The fourth-order valence-corrected chi connectivity index (χ4v) is 2.61. The third kappa shape index (κ3) is 2.50. The van der Waals surface area contributed by atoms with Crippen molar-refractivity contribution in [3.05, 3.63) is 28.2 Å². The van der Waals surface area contributed by atoms with Gasteiger partial charge in [0.2, 0.25) is 0 Å². The van der Waals surface area contributed by atoms with E-state index in [2.05, 4.69) is 22.0 Å². The third-order valence-corrected chi connectivity index (χ3v) is 3.59. The topological polar surface area (TPSA) is 44.1 Å². The van der Waals surface area contributed by atoms with Gasteiger partial charge in [0.1, 0.15) is 12.4 Å². The van der Waals surface area contributed by atoms with E-state index >= 15 is 0 Å². The minimum Gasteiger partial charge on any atom is -0.361 e. The fraction of sp³-hybridized carbons (Fsp3) is 0.385. The van der Waals surface area contributed by atoms with Crippen molar-refractivity contribution in [3.8, 4) is 6.07 Å². The Labute approximate surface area is 109 Å². The molecule has 1 unspecified atom stereocenters. The zero-order valence-electron chi connectivity index (χ0n) is 9.40. The molecule has 1 aromatic carbocycles. The van der Waals surface area contributed by atoms with Crippen molar-refractivity contribution >= 4 is 27.9 Å². The molecule has 4 heteroatoms. The van der Waals surface area contributed by atoms with Gasteiger partial charge in [-0.1, -0.05) is 15.9 Å². The number of halogens is 1. The van der Waals surface area contributed by atoms with E-state index in [1.807, 2.05) is 17.0 Å². The molecule has 2 rings (SSSR count). The van der Waals surface area contributed by atoms with Gasteiger partial charge in [-0.25, -0.2) is 0 Å². The monoisotopic (exact) mass is 292 g/mol. The molecule has 0 spiro atoms. The lowest BCUT2D eigenvalue weighted by molar-refractivity contribution is -0.109. The van der Waals surface area contributed by atoms with Gasteiger partial charge in [-0.3, -0.25) is 0 Å². The van der Waals surface area contributed by atoms with Gasteiger partial charge in [-0.05, 0) is 37.5 Å². The Morgan fingerprint density at radius 2 is 2.29 bits per heavy atom. The Morgan fingerprint density at radius 3 is 3.00 bits per heavy atom. The minimum absolute atomic E-state index is 0.0861. The van der Waals surface area contributed by atoms with Crippen LogP contribution in [0.25, 0.3) is 0 Å². The van der Waals surface area contributed by atoms with Crippen molar-refractivity contribution in [2.24, 2.45) is 0 Å². The highest BCUT2D eigenvalue weighted by molar-refractivity contribution is 9.10. The third-order valence-electron chi connectivity index (χ3n) is 3.09. The first-order chi connectivity index (χ1) is 8.26. The average Bonchev–Trinajstić information content (AvgIpc) is 2.38. The first-order valence-electron chi connectivity index (χ1n) is 5.68. The molecule has 1 aliphatic rings. The van der Waals surface area contributed by atoms with E-state index in [0.29, 0.717) is 5.56 Å². The summed E-state index contributed by atoms with van der Waals surface area (Å²) in [7, 11) is 0. The quantitative estimate of drug-likeness (QED) is 0.788. The van der Waals surface area contributed by atoms with Gasteiger partial charge in [-0.15, -0.1) is 0 Å². The van der Waals surface area contributed by atoms with Crippen LogP contribution in [0.1, 0.15) is 24.8 Å². The normalized spacial score (nSPS) is 19.8. The number of hydrogen-bond acceptors (Lipinski definition) is 3. The first kappa shape index (κ1) is 12.1. The summed E-state index contributed by atoms with van der Waals surface area (Å²) in [5, 5.41) is 9.15. The number of hydrogen-bond donors (Lipinski definition) is 0. The minimum atomic E-state index is -0.0861. The largest absolute Gasteiger partial charge is 0.361 e. The van der Waals surface area contributed by atoms with E-state index in [-0.39, 0.29) is 6.04 Å². The van der Waals surface area contributed by atoms with Gasteiger partial charge in [-0.2, -0.15) is 5.26 Å². The maximum atomic E-state index is 11.1. The van der Waals surface area contributed by atoms with Gasteiger partial charge in [0, 0.05) is 11.0 Å². The number of anilines is 1. The molecule has 0 N–H and O–H groups in total. The van der Waals surface area contributed by atoms with Crippen LogP contribution in [0.2, 0.25) is 0 Å². The van der Waals surface area contributed by atoms with Crippen LogP contribution in [-0.2, 0) is 4.79 Å². The van der Waals surface area contributed by atoms with Crippen LogP contribution in [0.3, 0.4) is 0 Å².